The van der Waals surface area contributed by atoms with Crippen LogP contribution < -0.4 is 0 Å². The van der Waals surface area contributed by atoms with Gasteiger partial charge in [0.1, 0.15) is 6.10 Å². The van der Waals surface area contributed by atoms with Crippen LogP contribution in [0.3, 0.4) is 0 Å². The van der Waals surface area contributed by atoms with E-state index in [-0.39, 0.29) is 24.4 Å². The topological polar surface area (TPSA) is 79.8 Å². The second kappa shape index (κ2) is 9.21. The van der Waals surface area contributed by atoms with Crippen LogP contribution in [0.25, 0.3) is 5.53 Å². The minimum atomic E-state index is -0.858. The molecule has 5 heteroatoms. The molecule has 0 bridgehead atoms. The second-order valence-corrected chi connectivity index (χ2v) is 5.41. The van der Waals surface area contributed by atoms with E-state index in [1.165, 1.54) is 0 Å². The maximum Gasteiger partial charge on any atom is 0.441 e. The van der Waals surface area contributed by atoms with Gasteiger partial charge in [-0.1, -0.05) is 33.8 Å². The van der Waals surface area contributed by atoms with E-state index in [2.05, 4.69) is 11.4 Å². The molecule has 0 unspecified atom stereocenters. The van der Waals surface area contributed by atoms with Crippen LogP contribution in [0.4, 0.5) is 0 Å². The molecule has 0 saturated carbocycles. The quantitative estimate of drug-likeness (QED) is 0.124. The summed E-state index contributed by atoms with van der Waals surface area (Å²) in [6.07, 6.45) is 2.73. The average molecular weight is 280 g/mol. The fraction of sp³-hybridized carbons (Fsp3) is 0.667. The molecule has 0 aliphatic rings. The zero-order valence-corrected chi connectivity index (χ0v) is 12.8. The predicted octanol–water partition coefficient (Wildman–Crippen LogP) is 2.81. The van der Waals surface area contributed by atoms with Crippen LogP contribution in [-0.4, -0.2) is 28.4 Å². The molecule has 112 valence electrons. The van der Waals surface area contributed by atoms with Crippen LogP contribution in [0.2, 0.25) is 0 Å². The van der Waals surface area contributed by atoms with Crippen LogP contribution in [0.15, 0.2) is 12.7 Å². The number of unbranched alkanes of at least 4 members (excludes halogenated alkanes) is 1. The molecule has 0 heterocycles. The SMILES string of the molecule is C=CCCCC(=O)C(=[N+]=[N-])C(=O)OC(C(C)C)C(C)C. The lowest BCUT2D eigenvalue weighted by atomic mass is 9.96. The van der Waals surface area contributed by atoms with Gasteiger partial charge in [-0.3, -0.25) is 4.79 Å². The predicted molar refractivity (Wildman–Crippen MR) is 77.2 cm³/mol. The van der Waals surface area contributed by atoms with Gasteiger partial charge in [-0.15, -0.1) is 6.58 Å². The Morgan fingerprint density at radius 1 is 1.25 bits per heavy atom. The number of carbonyl (C=O) groups excluding carboxylic acids is 2. The summed E-state index contributed by atoms with van der Waals surface area (Å²) in [6, 6.07) is 0. The summed E-state index contributed by atoms with van der Waals surface area (Å²) in [7, 11) is 0. The molecule has 0 amide bonds. The molecule has 0 saturated heterocycles. The first-order chi connectivity index (χ1) is 9.34. The molecular formula is C15H24N2O3. The third-order valence-electron chi connectivity index (χ3n) is 2.93. The van der Waals surface area contributed by atoms with Gasteiger partial charge in [0.25, 0.3) is 5.78 Å². The maximum absolute atomic E-state index is 11.9. The van der Waals surface area contributed by atoms with Crippen LogP contribution in [-0.2, 0) is 14.3 Å². The molecule has 0 aromatic heterocycles. The summed E-state index contributed by atoms with van der Waals surface area (Å²) in [6.45, 7) is 11.3. The van der Waals surface area contributed by atoms with Crippen molar-refractivity contribution in [3.8, 4) is 0 Å². The summed E-state index contributed by atoms with van der Waals surface area (Å²) in [5, 5.41) is 0. The van der Waals surface area contributed by atoms with Crippen molar-refractivity contribution in [3.63, 3.8) is 0 Å². The molecule has 0 atom stereocenters. The molecule has 0 spiro atoms. The lowest BCUT2D eigenvalue weighted by Gasteiger charge is -2.23. The van der Waals surface area contributed by atoms with E-state index < -0.39 is 17.5 Å². The molecular weight excluding hydrogens is 256 g/mol. The van der Waals surface area contributed by atoms with Crippen LogP contribution >= 0.6 is 0 Å². The van der Waals surface area contributed by atoms with Crippen molar-refractivity contribution in [2.45, 2.75) is 53.1 Å². The summed E-state index contributed by atoms with van der Waals surface area (Å²) >= 11 is 0. The number of allylic oxidation sites excluding steroid dienone is 1. The van der Waals surface area contributed by atoms with Crippen LogP contribution in [0, 0.1) is 11.8 Å². The Morgan fingerprint density at radius 2 is 1.80 bits per heavy atom. The lowest BCUT2D eigenvalue weighted by molar-refractivity contribution is -0.151. The lowest BCUT2D eigenvalue weighted by Crippen LogP contribution is -2.35. The van der Waals surface area contributed by atoms with Gasteiger partial charge in [0.15, 0.2) is 0 Å². The van der Waals surface area contributed by atoms with Gasteiger partial charge < -0.3 is 10.3 Å². The summed E-state index contributed by atoms with van der Waals surface area (Å²) in [4.78, 5) is 26.5. The monoisotopic (exact) mass is 280 g/mol. The van der Waals surface area contributed by atoms with Gasteiger partial charge in [-0.25, -0.2) is 4.79 Å². The number of carbonyl (C=O) groups is 2. The first-order valence-corrected chi connectivity index (χ1v) is 6.92. The largest absolute Gasteiger partial charge is 0.453 e. The van der Waals surface area contributed by atoms with Crippen molar-refractivity contribution in [2.24, 2.45) is 11.8 Å². The van der Waals surface area contributed by atoms with E-state index in [1.54, 1.807) is 6.08 Å². The Balaban J connectivity index is 4.74. The van der Waals surface area contributed by atoms with Crippen LogP contribution in [0.5, 0.6) is 0 Å². The van der Waals surface area contributed by atoms with Gasteiger partial charge in [-0.05, 0) is 24.7 Å². The normalized spacial score (nSPS) is 10.6. The Labute approximate surface area is 120 Å². The van der Waals surface area contributed by atoms with Gasteiger partial charge in [0.2, 0.25) is 0 Å². The number of esters is 1. The van der Waals surface area contributed by atoms with Gasteiger partial charge in [0, 0.05) is 6.42 Å². The molecule has 0 N–H and O–H groups in total. The Morgan fingerprint density at radius 3 is 2.20 bits per heavy atom. The van der Waals surface area contributed by atoms with Gasteiger partial charge in [-0.2, -0.15) is 4.79 Å². The second-order valence-electron chi connectivity index (χ2n) is 5.41. The van der Waals surface area contributed by atoms with Crippen molar-refractivity contribution >= 4 is 17.5 Å². The molecule has 0 aromatic carbocycles. The standard InChI is InChI=1S/C15H24N2O3/c1-6-7-8-9-12(18)13(17-16)15(19)20-14(10(2)3)11(4)5/h6,10-11,14H,1,7-9H2,2-5H3. The van der Waals surface area contributed by atoms with Crippen molar-refractivity contribution in [3.05, 3.63) is 18.2 Å². The highest BCUT2D eigenvalue weighted by atomic mass is 16.5. The Kier molecular flexibility index (Phi) is 8.41. The zero-order chi connectivity index (χ0) is 15.7. The molecule has 20 heavy (non-hydrogen) atoms. The minimum absolute atomic E-state index is 0.120. The number of hydrogen-bond acceptors (Lipinski definition) is 3. The number of ether oxygens (including phenoxy) is 1. The fourth-order valence-electron chi connectivity index (χ4n) is 1.96. The van der Waals surface area contributed by atoms with Gasteiger partial charge in [0.05, 0.1) is 0 Å². The highest BCUT2D eigenvalue weighted by Gasteiger charge is 2.34. The van der Waals surface area contributed by atoms with Crippen molar-refractivity contribution in [2.75, 3.05) is 0 Å². The van der Waals surface area contributed by atoms with E-state index in [4.69, 9.17) is 10.3 Å². The highest BCUT2D eigenvalue weighted by Crippen LogP contribution is 2.16. The highest BCUT2D eigenvalue weighted by molar-refractivity contribution is 6.62. The Bertz CT molecular complexity index is 399. The third-order valence-corrected chi connectivity index (χ3v) is 2.93. The van der Waals surface area contributed by atoms with E-state index in [0.717, 1.165) is 0 Å². The smallest absolute Gasteiger partial charge is 0.441 e. The number of hydrogen-bond donors (Lipinski definition) is 0. The van der Waals surface area contributed by atoms with Crippen molar-refractivity contribution in [1.29, 1.82) is 0 Å². The first kappa shape index (κ1) is 18.3. The molecule has 0 rings (SSSR count). The van der Waals surface area contributed by atoms with Gasteiger partial charge >= 0.3 is 11.7 Å². The number of rotatable bonds is 9. The van der Waals surface area contributed by atoms with Crippen molar-refractivity contribution < 1.29 is 19.1 Å². The number of nitrogens with zero attached hydrogens (tertiary/aromatic N) is 2. The van der Waals surface area contributed by atoms with E-state index in [9.17, 15) is 9.59 Å². The van der Waals surface area contributed by atoms with E-state index in [0.29, 0.717) is 12.8 Å². The maximum atomic E-state index is 11.9. The van der Waals surface area contributed by atoms with Crippen molar-refractivity contribution in [1.82, 2.24) is 0 Å². The summed E-state index contributed by atoms with van der Waals surface area (Å²) in [5.74, 6) is -1.13. The zero-order valence-electron chi connectivity index (χ0n) is 12.8. The molecule has 0 fully saturated rings. The minimum Gasteiger partial charge on any atom is -0.453 e. The fourth-order valence-corrected chi connectivity index (χ4v) is 1.96. The molecule has 0 aromatic rings. The number of ketones is 1. The molecule has 5 nitrogen and oxygen atoms in total. The average Bonchev–Trinajstić information content (AvgIpc) is 2.36. The summed E-state index contributed by atoms with van der Waals surface area (Å²) in [5.41, 5.74) is 8.33. The molecule has 0 radical (unpaired) electrons. The van der Waals surface area contributed by atoms with E-state index >= 15 is 0 Å². The first-order valence-electron chi connectivity index (χ1n) is 6.92. The molecule has 0 aliphatic carbocycles. The van der Waals surface area contributed by atoms with Crippen LogP contribution in [0.1, 0.15) is 47.0 Å². The number of Topliss-reactive ketones (excluding diaryl/α,β-unsaturated/α-hetero) is 1. The summed E-state index contributed by atoms with van der Waals surface area (Å²) < 4.78 is 5.28. The Hall–Kier alpha value is -1.74. The van der Waals surface area contributed by atoms with E-state index in [1.807, 2.05) is 27.7 Å². The molecule has 0 aliphatic heterocycles. The third kappa shape index (κ3) is 5.93.